The number of hydrogen-bond acceptors (Lipinski definition) is 1. The van der Waals surface area contributed by atoms with Crippen LogP contribution in [0.3, 0.4) is 0 Å². The summed E-state index contributed by atoms with van der Waals surface area (Å²) in [6.45, 7) is 0. The maximum Gasteiger partial charge on any atom is 0.0714 e. The van der Waals surface area contributed by atoms with Gasteiger partial charge in [0.2, 0.25) is 0 Å². The summed E-state index contributed by atoms with van der Waals surface area (Å²) in [5.41, 5.74) is 21.1. The van der Waals surface area contributed by atoms with Crippen LogP contribution in [0.1, 0.15) is 22.3 Å². The first kappa shape index (κ1) is 40.3. The lowest BCUT2D eigenvalue weighted by atomic mass is 9.67. The Morgan fingerprint density at radius 3 is 1.26 bits per heavy atom. The van der Waals surface area contributed by atoms with E-state index in [4.69, 9.17) is 0 Å². The molecule has 2 nitrogen and oxygen atoms in total. The Balaban J connectivity index is 0.926. The number of nitrogens with zero attached hydrogens (tertiary/aromatic N) is 2. The SMILES string of the molecule is c1ccc(-c2ccc(N(c3ccc(-c4ccccc4)cc3)c3ccc(-c4ccc5c6ccccc6n(-c6ccc7c(c6)C(c6ccccc6)(c6ccccc6)c6ccccc6-7)c5c4)cc3)cc2)cc1. The van der Waals surface area contributed by atoms with Crippen LogP contribution in [-0.4, -0.2) is 4.57 Å². The van der Waals surface area contributed by atoms with Crippen molar-refractivity contribution >= 4 is 38.9 Å². The molecule has 0 spiro atoms. The van der Waals surface area contributed by atoms with E-state index >= 15 is 0 Å². The number of fused-ring (bicyclic) bond motifs is 6. The highest BCUT2D eigenvalue weighted by Gasteiger charge is 2.46. The summed E-state index contributed by atoms with van der Waals surface area (Å²) in [5, 5.41) is 2.47. The maximum absolute atomic E-state index is 2.48. The van der Waals surface area contributed by atoms with E-state index in [9.17, 15) is 0 Å². The Morgan fingerprint density at radius 2 is 0.696 bits per heavy atom. The first-order valence-corrected chi connectivity index (χ1v) is 23.8. The molecule has 13 rings (SSSR count). The van der Waals surface area contributed by atoms with Crippen LogP contribution in [0.2, 0.25) is 0 Å². The summed E-state index contributed by atoms with van der Waals surface area (Å²) in [6, 6.07) is 102. The molecule has 0 amide bonds. The molecule has 0 aliphatic heterocycles. The topological polar surface area (TPSA) is 8.17 Å². The molecule has 0 unspecified atom stereocenters. The minimum Gasteiger partial charge on any atom is -0.311 e. The van der Waals surface area contributed by atoms with Crippen LogP contribution in [0, 0.1) is 0 Å². The summed E-state index contributed by atoms with van der Waals surface area (Å²) in [6.07, 6.45) is 0. The number of anilines is 3. The number of rotatable bonds is 9. The minimum atomic E-state index is -0.488. The summed E-state index contributed by atoms with van der Waals surface area (Å²) in [5.74, 6) is 0. The predicted molar refractivity (Wildman–Crippen MR) is 289 cm³/mol. The van der Waals surface area contributed by atoms with Crippen molar-refractivity contribution in [3.8, 4) is 50.2 Å². The average Bonchev–Trinajstić information content (AvgIpc) is 3.92. The molecular weight excluding hydrogens is 833 g/mol. The molecule has 0 saturated heterocycles. The van der Waals surface area contributed by atoms with E-state index < -0.39 is 5.41 Å². The number of para-hydroxylation sites is 1. The van der Waals surface area contributed by atoms with E-state index in [-0.39, 0.29) is 0 Å². The van der Waals surface area contributed by atoms with Gasteiger partial charge in [-0.05, 0) is 127 Å². The second-order valence-corrected chi connectivity index (χ2v) is 18.1. The predicted octanol–water partition coefficient (Wildman–Crippen LogP) is 17.6. The smallest absolute Gasteiger partial charge is 0.0714 e. The highest BCUT2D eigenvalue weighted by Crippen LogP contribution is 2.56. The van der Waals surface area contributed by atoms with Crippen molar-refractivity contribution in [2.75, 3.05) is 4.90 Å². The Bertz CT molecular complexity index is 3660. The van der Waals surface area contributed by atoms with Crippen LogP contribution < -0.4 is 4.90 Å². The molecule has 69 heavy (non-hydrogen) atoms. The third-order valence-electron chi connectivity index (χ3n) is 14.3. The molecule has 0 atom stereocenters. The van der Waals surface area contributed by atoms with E-state index in [2.05, 4.69) is 289 Å². The lowest BCUT2D eigenvalue weighted by Crippen LogP contribution is -2.28. The van der Waals surface area contributed by atoms with Gasteiger partial charge in [-0.2, -0.15) is 0 Å². The first-order chi connectivity index (χ1) is 34.2. The number of benzene rings is 11. The molecular formula is C67H46N2. The summed E-state index contributed by atoms with van der Waals surface area (Å²) < 4.78 is 2.48. The molecule has 324 valence electrons. The van der Waals surface area contributed by atoms with Crippen molar-refractivity contribution in [1.82, 2.24) is 4.57 Å². The van der Waals surface area contributed by atoms with Gasteiger partial charge in [0.05, 0.1) is 16.4 Å². The molecule has 1 aliphatic carbocycles. The van der Waals surface area contributed by atoms with E-state index in [1.165, 1.54) is 83.0 Å². The minimum absolute atomic E-state index is 0.488. The zero-order chi connectivity index (χ0) is 45.7. The molecule has 0 saturated carbocycles. The van der Waals surface area contributed by atoms with Crippen molar-refractivity contribution in [2.24, 2.45) is 0 Å². The van der Waals surface area contributed by atoms with Gasteiger partial charge in [0.15, 0.2) is 0 Å². The Kier molecular flexibility index (Phi) is 9.77. The van der Waals surface area contributed by atoms with Crippen LogP contribution in [0.15, 0.2) is 279 Å². The standard InChI is InChI=1S/C67H46N2/c1-5-17-47(18-6-1)49-29-36-55(37-30-49)68(56-38-31-50(32-39-56)48-19-7-2-8-20-48)57-40-33-51(34-41-57)52-35-43-62-61-26-14-16-28-65(61)69(66(62)45-52)58-42-44-60-59-25-13-15-27-63(59)67(64(60)46-58,53-21-9-3-10-22-53)54-23-11-4-12-24-54/h1-46H. The summed E-state index contributed by atoms with van der Waals surface area (Å²) in [4.78, 5) is 2.35. The van der Waals surface area contributed by atoms with Crippen molar-refractivity contribution in [3.05, 3.63) is 301 Å². The summed E-state index contributed by atoms with van der Waals surface area (Å²) >= 11 is 0. The lowest BCUT2D eigenvalue weighted by Gasteiger charge is -2.34. The highest BCUT2D eigenvalue weighted by molar-refractivity contribution is 6.10. The Hall–Kier alpha value is -8.98. The van der Waals surface area contributed by atoms with E-state index in [1.54, 1.807) is 0 Å². The zero-order valence-electron chi connectivity index (χ0n) is 38.0. The zero-order valence-corrected chi connectivity index (χ0v) is 38.0. The van der Waals surface area contributed by atoms with Gasteiger partial charge in [-0.1, -0.05) is 218 Å². The fourth-order valence-electron chi connectivity index (χ4n) is 11.1. The molecule has 2 heteroatoms. The second kappa shape index (κ2) is 16.7. The molecule has 12 aromatic rings. The fourth-order valence-corrected chi connectivity index (χ4v) is 11.1. The van der Waals surface area contributed by atoms with Crippen LogP contribution >= 0.6 is 0 Å². The molecule has 1 heterocycles. The molecule has 1 aromatic heterocycles. The van der Waals surface area contributed by atoms with Crippen molar-refractivity contribution < 1.29 is 0 Å². The van der Waals surface area contributed by atoms with Gasteiger partial charge in [0.25, 0.3) is 0 Å². The monoisotopic (exact) mass is 878 g/mol. The van der Waals surface area contributed by atoms with E-state index in [0.29, 0.717) is 0 Å². The summed E-state index contributed by atoms with van der Waals surface area (Å²) in [7, 11) is 0. The van der Waals surface area contributed by atoms with Gasteiger partial charge in [-0.25, -0.2) is 0 Å². The third kappa shape index (κ3) is 6.72. The van der Waals surface area contributed by atoms with Gasteiger partial charge >= 0.3 is 0 Å². The molecule has 0 radical (unpaired) electrons. The van der Waals surface area contributed by atoms with Crippen LogP contribution in [0.4, 0.5) is 17.1 Å². The normalized spacial score (nSPS) is 12.5. The van der Waals surface area contributed by atoms with Gasteiger partial charge < -0.3 is 9.47 Å². The number of hydrogen-bond donors (Lipinski definition) is 0. The van der Waals surface area contributed by atoms with Crippen molar-refractivity contribution in [1.29, 1.82) is 0 Å². The molecule has 0 bridgehead atoms. The lowest BCUT2D eigenvalue weighted by molar-refractivity contribution is 0.767. The van der Waals surface area contributed by atoms with Gasteiger partial charge in [0.1, 0.15) is 0 Å². The third-order valence-corrected chi connectivity index (χ3v) is 14.3. The molecule has 11 aromatic carbocycles. The number of aromatic nitrogens is 1. The molecule has 1 aliphatic rings. The fraction of sp³-hybridized carbons (Fsp3) is 0.0149. The van der Waals surface area contributed by atoms with Crippen LogP contribution in [0.5, 0.6) is 0 Å². The Morgan fingerprint density at radius 1 is 0.275 bits per heavy atom. The van der Waals surface area contributed by atoms with E-state index in [0.717, 1.165) is 28.3 Å². The van der Waals surface area contributed by atoms with Crippen LogP contribution in [0.25, 0.3) is 72.0 Å². The second-order valence-electron chi connectivity index (χ2n) is 18.1. The van der Waals surface area contributed by atoms with Gasteiger partial charge in [0, 0.05) is 33.5 Å². The molecule has 0 fully saturated rings. The molecule has 0 N–H and O–H groups in total. The van der Waals surface area contributed by atoms with Crippen molar-refractivity contribution in [3.63, 3.8) is 0 Å². The maximum atomic E-state index is 2.48. The van der Waals surface area contributed by atoms with Gasteiger partial charge in [-0.15, -0.1) is 0 Å². The van der Waals surface area contributed by atoms with Crippen LogP contribution in [-0.2, 0) is 5.41 Å². The average molecular weight is 879 g/mol. The van der Waals surface area contributed by atoms with Crippen molar-refractivity contribution in [2.45, 2.75) is 5.41 Å². The first-order valence-electron chi connectivity index (χ1n) is 23.8. The quantitative estimate of drug-likeness (QED) is 0.140. The largest absolute Gasteiger partial charge is 0.311 e. The van der Waals surface area contributed by atoms with Gasteiger partial charge in [-0.3, -0.25) is 0 Å². The van der Waals surface area contributed by atoms with E-state index in [1.807, 2.05) is 0 Å². The highest BCUT2D eigenvalue weighted by atomic mass is 15.1. The Labute approximate surface area is 403 Å².